The molecule has 5 heteroatoms. The van der Waals surface area contributed by atoms with Gasteiger partial charge < -0.3 is 5.73 Å². The zero-order valence-electron chi connectivity index (χ0n) is 9.18. The maximum atomic E-state index is 9.06. The molecule has 0 saturated carbocycles. The first kappa shape index (κ1) is 10.7. The van der Waals surface area contributed by atoms with Crippen molar-refractivity contribution < 1.29 is 0 Å². The van der Waals surface area contributed by atoms with Crippen LogP contribution in [0.15, 0.2) is 24.5 Å². The van der Waals surface area contributed by atoms with E-state index >= 15 is 0 Å². The Balaban J connectivity index is 2.75. The van der Waals surface area contributed by atoms with Gasteiger partial charge in [0.25, 0.3) is 0 Å². The SMILES string of the molecule is Cc1cccc(N)c1-n1cnc(C#N)c1C#N. The van der Waals surface area contributed by atoms with Crippen LogP contribution in [0.1, 0.15) is 17.0 Å². The van der Waals surface area contributed by atoms with Gasteiger partial charge in [-0.15, -0.1) is 0 Å². The number of imidazole rings is 1. The highest BCUT2D eigenvalue weighted by molar-refractivity contribution is 5.63. The van der Waals surface area contributed by atoms with E-state index in [2.05, 4.69) is 4.98 Å². The Hall–Kier alpha value is -2.79. The third-order valence-corrected chi connectivity index (χ3v) is 2.49. The molecule has 17 heavy (non-hydrogen) atoms. The Morgan fingerprint density at radius 2 is 2.06 bits per heavy atom. The van der Waals surface area contributed by atoms with Crippen molar-refractivity contribution in [2.75, 3.05) is 5.73 Å². The van der Waals surface area contributed by atoms with Crippen molar-refractivity contribution >= 4 is 5.69 Å². The lowest BCUT2D eigenvalue weighted by Crippen LogP contribution is -2.03. The van der Waals surface area contributed by atoms with Crippen LogP contribution in [0.3, 0.4) is 0 Å². The van der Waals surface area contributed by atoms with Gasteiger partial charge in [0, 0.05) is 0 Å². The van der Waals surface area contributed by atoms with Gasteiger partial charge in [0.2, 0.25) is 0 Å². The fraction of sp³-hybridized carbons (Fsp3) is 0.0833. The van der Waals surface area contributed by atoms with Crippen LogP contribution in [-0.2, 0) is 0 Å². The van der Waals surface area contributed by atoms with Gasteiger partial charge in [-0.1, -0.05) is 12.1 Å². The van der Waals surface area contributed by atoms with Crippen molar-refractivity contribution in [3.8, 4) is 17.8 Å². The molecule has 0 unspecified atom stereocenters. The molecular formula is C12H9N5. The maximum Gasteiger partial charge on any atom is 0.177 e. The molecule has 0 radical (unpaired) electrons. The first-order valence-electron chi connectivity index (χ1n) is 4.92. The Morgan fingerprint density at radius 1 is 1.29 bits per heavy atom. The van der Waals surface area contributed by atoms with Crippen LogP contribution in [0.5, 0.6) is 0 Å². The number of aromatic nitrogens is 2. The highest BCUT2D eigenvalue weighted by Crippen LogP contribution is 2.23. The summed E-state index contributed by atoms with van der Waals surface area (Å²) in [5.41, 5.74) is 8.35. The average molecular weight is 223 g/mol. The quantitative estimate of drug-likeness (QED) is 0.741. The minimum atomic E-state index is 0.107. The zero-order chi connectivity index (χ0) is 12.4. The predicted octanol–water partition coefficient (Wildman–Crippen LogP) is 1.51. The Labute approximate surface area is 98.3 Å². The normalized spacial score (nSPS) is 9.59. The molecule has 5 nitrogen and oxygen atoms in total. The van der Waals surface area contributed by atoms with Gasteiger partial charge in [-0.3, -0.25) is 4.57 Å². The van der Waals surface area contributed by atoms with Crippen molar-refractivity contribution in [1.29, 1.82) is 10.5 Å². The van der Waals surface area contributed by atoms with Crippen LogP contribution in [-0.4, -0.2) is 9.55 Å². The molecule has 0 aliphatic heterocycles. The third kappa shape index (κ3) is 1.60. The summed E-state index contributed by atoms with van der Waals surface area (Å²) in [5, 5.41) is 17.9. The van der Waals surface area contributed by atoms with Gasteiger partial charge in [0.15, 0.2) is 11.4 Å². The summed E-state index contributed by atoms with van der Waals surface area (Å²) in [5.74, 6) is 0. The van der Waals surface area contributed by atoms with E-state index in [4.69, 9.17) is 16.3 Å². The van der Waals surface area contributed by atoms with Crippen molar-refractivity contribution in [3.05, 3.63) is 41.5 Å². The molecular weight excluding hydrogens is 214 g/mol. The lowest BCUT2D eigenvalue weighted by Gasteiger charge is -2.10. The molecule has 2 rings (SSSR count). The number of hydrogen-bond acceptors (Lipinski definition) is 4. The molecule has 0 amide bonds. The zero-order valence-corrected chi connectivity index (χ0v) is 9.18. The maximum absolute atomic E-state index is 9.06. The second kappa shape index (κ2) is 3.99. The molecule has 2 N–H and O–H groups in total. The molecule has 1 heterocycles. The van der Waals surface area contributed by atoms with Crippen molar-refractivity contribution in [3.63, 3.8) is 0 Å². The van der Waals surface area contributed by atoms with Crippen molar-refractivity contribution in [2.24, 2.45) is 0 Å². The van der Waals surface area contributed by atoms with Gasteiger partial charge in [-0.2, -0.15) is 10.5 Å². The molecule has 1 aromatic carbocycles. The molecule has 0 saturated heterocycles. The first-order valence-corrected chi connectivity index (χ1v) is 4.92. The van der Waals surface area contributed by atoms with E-state index in [-0.39, 0.29) is 11.4 Å². The number of rotatable bonds is 1. The average Bonchev–Trinajstić information content (AvgIpc) is 2.71. The summed E-state index contributed by atoms with van der Waals surface area (Å²) < 4.78 is 1.54. The van der Waals surface area contributed by atoms with E-state index in [0.29, 0.717) is 11.4 Å². The summed E-state index contributed by atoms with van der Waals surface area (Å²) >= 11 is 0. The highest BCUT2D eigenvalue weighted by Gasteiger charge is 2.14. The molecule has 0 fully saturated rings. The van der Waals surface area contributed by atoms with Gasteiger partial charge in [-0.25, -0.2) is 4.98 Å². The smallest absolute Gasteiger partial charge is 0.177 e. The summed E-state index contributed by atoms with van der Waals surface area (Å²) in [6.45, 7) is 1.89. The second-order valence-electron chi connectivity index (χ2n) is 3.55. The molecule has 0 spiro atoms. The third-order valence-electron chi connectivity index (χ3n) is 2.49. The molecule has 0 bridgehead atoms. The summed E-state index contributed by atoms with van der Waals surface area (Å²) in [6, 6.07) is 9.32. The second-order valence-corrected chi connectivity index (χ2v) is 3.55. The topological polar surface area (TPSA) is 91.4 Å². The van der Waals surface area contributed by atoms with E-state index in [1.54, 1.807) is 10.6 Å². The molecule has 0 aliphatic rings. The number of benzene rings is 1. The molecule has 82 valence electrons. The number of nitriles is 2. The molecule has 1 aromatic heterocycles. The first-order chi connectivity index (χ1) is 8.19. The van der Waals surface area contributed by atoms with Gasteiger partial charge in [0.1, 0.15) is 18.5 Å². The van der Waals surface area contributed by atoms with Gasteiger partial charge in [0.05, 0.1) is 11.4 Å². The number of nitrogens with zero attached hydrogens (tertiary/aromatic N) is 4. The summed E-state index contributed by atoms with van der Waals surface area (Å²) in [4.78, 5) is 3.89. The van der Waals surface area contributed by atoms with E-state index in [1.807, 2.05) is 31.2 Å². The molecule has 2 aromatic rings. The van der Waals surface area contributed by atoms with E-state index in [0.717, 1.165) is 5.56 Å². The monoisotopic (exact) mass is 223 g/mol. The number of nitrogens with two attached hydrogens (primary N) is 1. The van der Waals surface area contributed by atoms with E-state index in [9.17, 15) is 0 Å². The fourth-order valence-corrected chi connectivity index (χ4v) is 1.72. The lowest BCUT2D eigenvalue weighted by molar-refractivity contribution is 1.02. The predicted molar refractivity (Wildman–Crippen MR) is 62.1 cm³/mol. The van der Waals surface area contributed by atoms with E-state index < -0.39 is 0 Å². The van der Waals surface area contributed by atoms with Crippen molar-refractivity contribution in [2.45, 2.75) is 6.92 Å². The minimum Gasteiger partial charge on any atom is -0.397 e. The largest absolute Gasteiger partial charge is 0.397 e. The van der Waals surface area contributed by atoms with E-state index in [1.165, 1.54) is 6.33 Å². The number of nitrogen functional groups attached to an aromatic ring is 1. The van der Waals surface area contributed by atoms with Gasteiger partial charge >= 0.3 is 0 Å². The number of aryl methyl sites for hydroxylation is 1. The number of para-hydroxylation sites is 1. The lowest BCUT2D eigenvalue weighted by atomic mass is 10.1. The Kier molecular flexibility index (Phi) is 2.52. The minimum absolute atomic E-state index is 0.107. The van der Waals surface area contributed by atoms with Crippen LogP contribution in [0.2, 0.25) is 0 Å². The summed E-state index contributed by atoms with van der Waals surface area (Å²) in [6.07, 6.45) is 1.44. The van der Waals surface area contributed by atoms with Crippen LogP contribution in [0.25, 0.3) is 5.69 Å². The van der Waals surface area contributed by atoms with Crippen LogP contribution >= 0.6 is 0 Å². The molecule has 0 atom stereocenters. The Bertz CT molecular complexity index is 634. The fourth-order valence-electron chi connectivity index (χ4n) is 1.72. The Morgan fingerprint density at radius 3 is 2.65 bits per heavy atom. The van der Waals surface area contributed by atoms with Crippen LogP contribution in [0.4, 0.5) is 5.69 Å². The highest BCUT2D eigenvalue weighted by atomic mass is 15.1. The van der Waals surface area contributed by atoms with Crippen molar-refractivity contribution in [1.82, 2.24) is 9.55 Å². The van der Waals surface area contributed by atoms with Crippen LogP contribution < -0.4 is 5.73 Å². The molecule has 0 aliphatic carbocycles. The number of hydrogen-bond donors (Lipinski definition) is 1. The van der Waals surface area contributed by atoms with Crippen LogP contribution in [0, 0.1) is 29.6 Å². The standard InChI is InChI=1S/C12H9N5/c1-8-3-2-4-9(15)12(8)17-7-16-10(5-13)11(17)6-14/h2-4,7H,15H2,1H3. The van der Waals surface area contributed by atoms with Gasteiger partial charge in [-0.05, 0) is 18.6 Å². The summed E-state index contributed by atoms with van der Waals surface area (Å²) in [7, 11) is 0. The number of anilines is 1.